The molecule has 1 aromatic rings. The predicted octanol–water partition coefficient (Wildman–Crippen LogP) is 4.09. The van der Waals surface area contributed by atoms with E-state index in [-0.39, 0.29) is 5.97 Å². The molecule has 0 spiro atoms. The summed E-state index contributed by atoms with van der Waals surface area (Å²) < 4.78 is 9.51. The number of rotatable bonds is 5. The molecule has 0 aliphatic rings. The van der Waals surface area contributed by atoms with Gasteiger partial charge in [-0.1, -0.05) is 22.0 Å². The molecule has 106 valence electrons. The van der Waals surface area contributed by atoms with Crippen LogP contribution in [0, 0.1) is 6.92 Å². The van der Waals surface area contributed by atoms with Gasteiger partial charge >= 0.3 is 5.97 Å². The SMILES string of the molecule is Cc1c(Br)cccc1SNCCC(=O)OC(C)(C)C. The molecule has 0 atom stereocenters. The van der Waals surface area contributed by atoms with Gasteiger partial charge in [0.2, 0.25) is 0 Å². The summed E-state index contributed by atoms with van der Waals surface area (Å²) >= 11 is 5.03. The lowest BCUT2D eigenvalue weighted by molar-refractivity contribution is -0.154. The lowest BCUT2D eigenvalue weighted by atomic mass is 10.2. The highest BCUT2D eigenvalue weighted by Gasteiger charge is 2.15. The second kappa shape index (κ2) is 7.31. The third-order valence-corrected chi connectivity index (χ3v) is 4.12. The number of carbonyl (C=O) groups excluding carboxylic acids is 1. The van der Waals surface area contributed by atoms with E-state index in [1.54, 1.807) is 0 Å². The summed E-state index contributed by atoms with van der Waals surface area (Å²) in [6.45, 7) is 8.27. The van der Waals surface area contributed by atoms with Crippen molar-refractivity contribution >= 4 is 33.8 Å². The molecule has 19 heavy (non-hydrogen) atoms. The maximum Gasteiger partial charge on any atom is 0.307 e. The van der Waals surface area contributed by atoms with Gasteiger partial charge in [-0.25, -0.2) is 0 Å². The first-order chi connectivity index (χ1) is 8.79. The molecule has 0 bridgehead atoms. The predicted molar refractivity (Wildman–Crippen MR) is 83.2 cm³/mol. The van der Waals surface area contributed by atoms with Crippen LogP contribution < -0.4 is 4.72 Å². The van der Waals surface area contributed by atoms with E-state index < -0.39 is 5.60 Å². The number of benzene rings is 1. The highest BCUT2D eigenvalue weighted by molar-refractivity contribution is 9.10. The van der Waals surface area contributed by atoms with E-state index >= 15 is 0 Å². The van der Waals surface area contributed by atoms with Crippen molar-refractivity contribution in [2.45, 2.75) is 44.6 Å². The number of hydrogen-bond acceptors (Lipinski definition) is 4. The molecule has 1 N–H and O–H groups in total. The Balaban J connectivity index is 2.32. The summed E-state index contributed by atoms with van der Waals surface area (Å²) in [4.78, 5) is 12.7. The first-order valence-corrected chi connectivity index (χ1v) is 7.77. The van der Waals surface area contributed by atoms with Gasteiger partial charge in [0.1, 0.15) is 5.60 Å². The molecule has 0 aliphatic carbocycles. The first-order valence-electron chi connectivity index (χ1n) is 6.16. The Labute approximate surface area is 127 Å². The smallest absolute Gasteiger partial charge is 0.307 e. The topological polar surface area (TPSA) is 38.3 Å². The molecule has 0 aliphatic heterocycles. The molecule has 3 nitrogen and oxygen atoms in total. The molecular weight excluding hydrogens is 326 g/mol. The molecule has 1 aromatic carbocycles. The van der Waals surface area contributed by atoms with Gasteiger partial charge in [0.05, 0.1) is 6.42 Å². The van der Waals surface area contributed by atoms with Gasteiger partial charge in [0, 0.05) is 15.9 Å². The zero-order valence-electron chi connectivity index (χ0n) is 11.7. The quantitative estimate of drug-likeness (QED) is 0.495. The van der Waals surface area contributed by atoms with Gasteiger partial charge in [-0.05, 0) is 57.3 Å². The average molecular weight is 346 g/mol. The molecule has 0 radical (unpaired) electrons. The minimum atomic E-state index is -0.412. The number of halogens is 1. The van der Waals surface area contributed by atoms with Crippen LogP contribution >= 0.6 is 27.9 Å². The Bertz CT molecular complexity index is 444. The molecule has 0 saturated heterocycles. The van der Waals surface area contributed by atoms with Crippen molar-refractivity contribution in [3.05, 3.63) is 28.2 Å². The van der Waals surface area contributed by atoms with Crippen LogP contribution in [-0.2, 0) is 9.53 Å². The van der Waals surface area contributed by atoms with Crippen molar-refractivity contribution in [1.82, 2.24) is 4.72 Å². The number of ether oxygens (including phenoxy) is 1. The summed E-state index contributed by atoms with van der Waals surface area (Å²) in [7, 11) is 0. The van der Waals surface area contributed by atoms with E-state index in [1.165, 1.54) is 17.5 Å². The van der Waals surface area contributed by atoms with E-state index in [9.17, 15) is 4.79 Å². The van der Waals surface area contributed by atoms with Crippen molar-refractivity contribution < 1.29 is 9.53 Å². The number of carbonyl (C=O) groups is 1. The van der Waals surface area contributed by atoms with E-state index in [4.69, 9.17) is 4.74 Å². The normalized spacial score (nSPS) is 11.4. The largest absolute Gasteiger partial charge is 0.460 e. The Kier molecular flexibility index (Phi) is 6.36. The third kappa shape index (κ3) is 6.45. The van der Waals surface area contributed by atoms with Crippen molar-refractivity contribution in [1.29, 1.82) is 0 Å². The lowest BCUT2D eigenvalue weighted by Crippen LogP contribution is -2.25. The number of esters is 1. The molecule has 0 aromatic heterocycles. The van der Waals surface area contributed by atoms with Crippen LogP contribution in [-0.4, -0.2) is 18.1 Å². The highest BCUT2D eigenvalue weighted by atomic mass is 79.9. The number of nitrogens with one attached hydrogen (secondary N) is 1. The fourth-order valence-electron chi connectivity index (χ4n) is 1.37. The fraction of sp³-hybridized carbons (Fsp3) is 0.500. The summed E-state index contributed by atoms with van der Waals surface area (Å²) in [5.74, 6) is -0.174. The molecule has 5 heteroatoms. The molecule has 0 amide bonds. The molecule has 0 unspecified atom stereocenters. The first kappa shape index (κ1) is 16.5. The lowest BCUT2D eigenvalue weighted by Gasteiger charge is -2.19. The fourth-order valence-corrected chi connectivity index (χ4v) is 2.64. The van der Waals surface area contributed by atoms with Crippen LogP contribution in [0.5, 0.6) is 0 Å². The van der Waals surface area contributed by atoms with E-state index in [2.05, 4.69) is 27.6 Å². The van der Waals surface area contributed by atoms with Gasteiger partial charge in [0.25, 0.3) is 0 Å². The zero-order valence-corrected chi connectivity index (χ0v) is 14.2. The number of hydrogen-bond donors (Lipinski definition) is 1. The minimum Gasteiger partial charge on any atom is -0.460 e. The minimum absolute atomic E-state index is 0.174. The maximum absolute atomic E-state index is 11.5. The van der Waals surface area contributed by atoms with Crippen LogP contribution in [0.2, 0.25) is 0 Å². The van der Waals surface area contributed by atoms with Crippen LogP contribution in [0.3, 0.4) is 0 Å². The highest BCUT2D eigenvalue weighted by Crippen LogP contribution is 2.25. The summed E-state index contributed by atoms with van der Waals surface area (Å²) in [6, 6.07) is 6.06. The monoisotopic (exact) mass is 345 g/mol. The van der Waals surface area contributed by atoms with E-state index in [0.29, 0.717) is 13.0 Å². The van der Waals surface area contributed by atoms with Crippen LogP contribution in [0.15, 0.2) is 27.6 Å². The van der Waals surface area contributed by atoms with Gasteiger partial charge in [-0.3, -0.25) is 9.52 Å². The van der Waals surface area contributed by atoms with Gasteiger partial charge in [0.15, 0.2) is 0 Å². The molecule has 1 rings (SSSR count). The summed E-state index contributed by atoms with van der Waals surface area (Å²) in [5.41, 5.74) is 0.780. The Morgan fingerprint density at radius 2 is 2.11 bits per heavy atom. The Hall–Kier alpha value is -0.520. The van der Waals surface area contributed by atoms with Crippen molar-refractivity contribution in [3.63, 3.8) is 0 Å². The average Bonchev–Trinajstić information content (AvgIpc) is 2.27. The van der Waals surface area contributed by atoms with Crippen molar-refractivity contribution in [3.8, 4) is 0 Å². The molecule has 0 fully saturated rings. The standard InChI is InChI=1S/C14H20BrNO2S/c1-10-11(15)6-5-7-12(10)19-16-9-8-13(17)18-14(2,3)4/h5-7,16H,8-9H2,1-4H3. The second-order valence-corrected chi connectivity index (χ2v) is 6.98. The molecule has 0 saturated carbocycles. The summed E-state index contributed by atoms with van der Waals surface area (Å²) in [6.07, 6.45) is 0.372. The Morgan fingerprint density at radius 3 is 2.74 bits per heavy atom. The molecule has 0 heterocycles. The van der Waals surface area contributed by atoms with E-state index in [0.717, 1.165) is 9.37 Å². The second-order valence-electron chi connectivity index (χ2n) is 5.20. The van der Waals surface area contributed by atoms with Crippen molar-refractivity contribution in [2.75, 3.05) is 6.54 Å². The maximum atomic E-state index is 11.5. The summed E-state index contributed by atoms with van der Waals surface area (Å²) in [5, 5.41) is 0. The van der Waals surface area contributed by atoms with Crippen LogP contribution in [0.1, 0.15) is 32.8 Å². The third-order valence-electron chi connectivity index (χ3n) is 2.25. The van der Waals surface area contributed by atoms with E-state index in [1.807, 2.05) is 39.0 Å². The van der Waals surface area contributed by atoms with Crippen molar-refractivity contribution in [2.24, 2.45) is 0 Å². The van der Waals surface area contributed by atoms with Crippen LogP contribution in [0.25, 0.3) is 0 Å². The van der Waals surface area contributed by atoms with Gasteiger partial charge < -0.3 is 4.74 Å². The van der Waals surface area contributed by atoms with Gasteiger partial charge in [-0.15, -0.1) is 0 Å². The Morgan fingerprint density at radius 1 is 1.42 bits per heavy atom. The molecular formula is C14H20BrNO2S. The van der Waals surface area contributed by atoms with Gasteiger partial charge in [-0.2, -0.15) is 0 Å². The zero-order chi connectivity index (χ0) is 14.5. The van der Waals surface area contributed by atoms with Crippen LogP contribution in [0.4, 0.5) is 0 Å².